The van der Waals surface area contributed by atoms with Gasteiger partial charge in [-0.25, -0.2) is 0 Å². The Kier molecular flexibility index (Phi) is 6.07. The van der Waals surface area contributed by atoms with Crippen molar-refractivity contribution in [3.05, 3.63) is 29.3 Å². The summed E-state index contributed by atoms with van der Waals surface area (Å²) in [5.74, 6) is 0.834. The molecule has 0 aliphatic heterocycles. The topological polar surface area (TPSA) is 41.5 Å². The summed E-state index contributed by atoms with van der Waals surface area (Å²) < 4.78 is 5.85. The number of aryl methyl sites for hydroxylation is 2. The highest BCUT2D eigenvalue weighted by Gasteiger charge is 2.19. The molecule has 1 atom stereocenters. The number of benzene rings is 1. The van der Waals surface area contributed by atoms with E-state index in [1.165, 1.54) is 24.0 Å². The van der Waals surface area contributed by atoms with Crippen molar-refractivity contribution < 1.29 is 9.84 Å². The van der Waals surface area contributed by atoms with Crippen molar-refractivity contribution in [3.63, 3.8) is 0 Å². The zero-order chi connectivity index (χ0) is 15.2. The Morgan fingerprint density at radius 3 is 2.43 bits per heavy atom. The van der Waals surface area contributed by atoms with Gasteiger partial charge in [-0.2, -0.15) is 0 Å². The highest BCUT2D eigenvalue weighted by Crippen LogP contribution is 2.25. The van der Waals surface area contributed by atoms with E-state index in [4.69, 9.17) is 4.74 Å². The first kappa shape index (κ1) is 16.3. The van der Waals surface area contributed by atoms with Gasteiger partial charge in [0, 0.05) is 12.2 Å². The molecule has 0 heterocycles. The maximum atomic E-state index is 10.1. The van der Waals surface area contributed by atoms with Gasteiger partial charge in [-0.05, 0) is 56.6 Å². The van der Waals surface area contributed by atoms with Crippen molar-refractivity contribution in [1.82, 2.24) is 0 Å². The van der Waals surface area contributed by atoms with Gasteiger partial charge in [-0.15, -0.1) is 0 Å². The van der Waals surface area contributed by atoms with Gasteiger partial charge in [0.2, 0.25) is 0 Å². The monoisotopic (exact) mass is 291 g/mol. The van der Waals surface area contributed by atoms with Gasteiger partial charge in [-0.1, -0.05) is 25.1 Å². The van der Waals surface area contributed by atoms with Crippen molar-refractivity contribution in [2.45, 2.75) is 58.7 Å². The van der Waals surface area contributed by atoms with Gasteiger partial charge in [0.1, 0.15) is 0 Å². The molecule has 1 aliphatic rings. The summed E-state index contributed by atoms with van der Waals surface area (Å²) in [5, 5.41) is 13.4. The lowest BCUT2D eigenvalue weighted by atomic mass is 9.89. The lowest BCUT2D eigenvalue weighted by Gasteiger charge is -2.27. The van der Waals surface area contributed by atoms with Crippen molar-refractivity contribution in [2.75, 3.05) is 18.5 Å². The average Bonchev–Trinajstić information content (AvgIpc) is 2.46. The highest BCUT2D eigenvalue weighted by molar-refractivity contribution is 5.56. The van der Waals surface area contributed by atoms with Crippen LogP contribution < -0.4 is 5.32 Å². The number of anilines is 1. The lowest BCUT2D eigenvalue weighted by molar-refractivity contribution is -0.0245. The number of nitrogens with one attached hydrogen (secondary N) is 1. The summed E-state index contributed by atoms with van der Waals surface area (Å²) in [5.41, 5.74) is 3.55. The Balaban J connectivity index is 1.71. The molecule has 0 bridgehead atoms. The molecule has 1 fully saturated rings. The number of aliphatic hydroxyl groups is 1. The van der Waals surface area contributed by atoms with E-state index in [2.05, 4.69) is 44.3 Å². The smallest absolute Gasteiger partial charge is 0.0945 e. The fraction of sp³-hybridized carbons (Fsp3) is 0.667. The largest absolute Gasteiger partial charge is 0.389 e. The van der Waals surface area contributed by atoms with Crippen LogP contribution in [0.15, 0.2) is 18.2 Å². The molecule has 1 aliphatic carbocycles. The fourth-order valence-electron chi connectivity index (χ4n) is 3.02. The second kappa shape index (κ2) is 7.81. The van der Waals surface area contributed by atoms with Crippen molar-refractivity contribution in [3.8, 4) is 0 Å². The third-order valence-corrected chi connectivity index (χ3v) is 4.48. The molecular weight excluding hydrogens is 262 g/mol. The van der Waals surface area contributed by atoms with Crippen LogP contribution in [0.4, 0.5) is 5.69 Å². The zero-order valence-electron chi connectivity index (χ0n) is 13.6. The minimum absolute atomic E-state index is 0.344. The summed E-state index contributed by atoms with van der Waals surface area (Å²) in [4.78, 5) is 0. The SMILES string of the molecule is Cc1cccc(C)c1NCC(O)COC1CCC(C)CC1. The zero-order valence-corrected chi connectivity index (χ0v) is 13.6. The Morgan fingerprint density at radius 2 is 1.81 bits per heavy atom. The fourth-order valence-corrected chi connectivity index (χ4v) is 3.02. The summed E-state index contributed by atoms with van der Waals surface area (Å²) in [6.45, 7) is 7.44. The number of rotatable bonds is 6. The van der Waals surface area contributed by atoms with Crippen LogP contribution in [0.25, 0.3) is 0 Å². The third-order valence-electron chi connectivity index (χ3n) is 4.48. The minimum Gasteiger partial charge on any atom is -0.389 e. The molecule has 118 valence electrons. The van der Waals surface area contributed by atoms with Crippen molar-refractivity contribution in [1.29, 1.82) is 0 Å². The van der Waals surface area contributed by atoms with Crippen LogP contribution in [0.2, 0.25) is 0 Å². The first-order valence-corrected chi connectivity index (χ1v) is 8.16. The number of ether oxygens (including phenoxy) is 1. The maximum Gasteiger partial charge on any atom is 0.0945 e. The Bertz CT molecular complexity index is 419. The molecule has 1 aromatic rings. The number of hydrogen-bond acceptors (Lipinski definition) is 3. The van der Waals surface area contributed by atoms with E-state index >= 15 is 0 Å². The summed E-state index contributed by atoms with van der Waals surface area (Å²) in [6.07, 6.45) is 4.67. The molecule has 0 radical (unpaired) electrons. The van der Waals surface area contributed by atoms with Gasteiger partial charge < -0.3 is 15.2 Å². The predicted molar refractivity (Wildman–Crippen MR) is 87.8 cm³/mol. The van der Waals surface area contributed by atoms with Crippen LogP contribution in [-0.2, 0) is 4.74 Å². The molecular formula is C18H29NO2. The summed E-state index contributed by atoms with van der Waals surface area (Å²) in [6, 6.07) is 6.22. The van der Waals surface area contributed by atoms with Crippen molar-refractivity contribution >= 4 is 5.69 Å². The van der Waals surface area contributed by atoms with Crippen LogP contribution >= 0.6 is 0 Å². The maximum absolute atomic E-state index is 10.1. The Hall–Kier alpha value is -1.06. The van der Waals surface area contributed by atoms with Crippen LogP contribution in [-0.4, -0.2) is 30.5 Å². The van der Waals surface area contributed by atoms with Crippen molar-refractivity contribution in [2.24, 2.45) is 5.92 Å². The molecule has 21 heavy (non-hydrogen) atoms. The molecule has 2 rings (SSSR count). The quantitative estimate of drug-likeness (QED) is 0.840. The molecule has 1 saturated carbocycles. The first-order valence-electron chi connectivity index (χ1n) is 8.16. The van der Waals surface area contributed by atoms with Crippen LogP contribution in [0.5, 0.6) is 0 Å². The third kappa shape index (κ3) is 5.01. The van der Waals surface area contributed by atoms with Crippen LogP contribution in [0.1, 0.15) is 43.7 Å². The van der Waals surface area contributed by atoms with Gasteiger partial charge in [0.25, 0.3) is 0 Å². The number of para-hydroxylation sites is 1. The normalized spacial score (nSPS) is 23.8. The van der Waals surface area contributed by atoms with E-state index in [0.29, 0.717) is 19.3 Å². The minimum atomic E-state index is -0.455. The lowest BCUT2D eigenvalue weighted by Crippen LogP contribution is -2.29. The van der Waals surface area contributed by atoms with Crippen LogP contribution in [0.3, 0.4) is 0 Å². The van der Waals surface area contributed by atoms with E-state index in [9.17, 15) is 5.11 Å². The molecule has 0 aromatic heterocycles. The van der Waals surface area contributed by atoms with E-state index in [-0.39, 0.29) is 0 Å². The second-order valence-corrected chi connectivity index (χ2v) is 6.52. The van der Waals surface area contributed by atoms with E-state index in [1.807, 2.05) is 0 Å². The van der Waals surface area contributed by atoms with Gasteiger partial charge in [-0.3, -0.25) is 0 Å². The van der Waals surface area contributed by atoms with Crippen LogP contribution in [0, 0.1) is 19.8 Å². The number of hydrogen-bond donors (Lipinski definition) is 2. The Labute approximate surface area is 128 Å². The summed E-state index contributed by atoms with van der Waals surface area (Å²) >= 11 is 0. The van der Waals surface area contributed by atoms with E-state index in [1.54, 1.807) is 0 Å². The van der Waals surface area contributed by atoms with Gasteiger partial charge in [0.15, 0.2) is 0 Å². The second-order valence-electron chi connectivity index (χ2n) is 6.52. The first-order chi connectivity index (χ1) is 10.1. The molecule has 2 N–H and O–H groups in total. The predicted octanol–water partition coefficient (Wildman–Crippen LogP) is 3.67. The molecule has 0 amide bonds. The Morgan fingerprint density at radius 1 is 1.19 bits per heavy atom. The molecule has 1 unspecified atom stereocenters. The summed E-state index contributed by atoms with van der Waals surface area (Å²) in [7, 11) is 0. The average molecular weight is 291 g/mol. The molecule has 3 nitrogen and oxygen atoms in total. The molecule has 0 saturated heterocycles. The standard InChI is InChI=1S/C18H29NO2/c1-13-7-9-17(10-8-13)21-12-16(20)11-19-18-14(2)5-4-6-15(18)3/h4-6,13,16-17,19-20H,7-12H2,1-3H3. The molecule has 1 aromatic carbocycles. The van der Waals surface area contributed by atoms with E-state index < -0.39 is 6.10 Å². The van der Waals surface area contributed by atoms with E-state index in [0.717, 1.165) is 24.4 Å². The van der Waals surface area contributed by atoms with Gasteiger partial charge >= 0.3 is 0 Å². The molecule has 0 spiro atoms. The number of aliphatic hydroxyl groups excluding tert-OH is 1. The van der Waals surface area contributed by atoms with Gasteiger partial charge in [0.05, 0.1) is 18.8 Å². The highest BCUT2D eigenvalue weighted by atomic mass is 16.5. The molecule has 3 heteroatoms.